The topological polar surface area (TPSA) is 73.4 Å². The summed E-state index contributed by atoms with van der Waals surface area (Å²) in [5.74, 6) is -1.06. The van der Waals surface area contributed by atoms with Crippen molar-refractivity contribution < 1.29 is 14.7 Å². The van der Waals surface area contributed by atoms with Crippen LogP contribution in [0.5, 0.6) is 0 Å². The van der Waals surface area contributed by atoms with Crippen LogP contribution in [0.1, 0.15) is 48.7 Å². The molecule has 5 heteroatoms. The molecule has 1 unspecified atom stereocenters. The third kappa shape index (κ3) is 3.54. The molecule has 0 aliphatic carbocycles. The molecule has 31 heavy (non-hydrogen) atoms. The predicted octanol–water partition coefficient (Wildman–Crippen LogP) is 5.61. The number of fused-ring (bicyclic) bond motifs is 1. The fourth-order valence-corrected chi connectivity index (χ4v) is 4.65. The number of aromatic nitrogens is 1. The van der Waals surface area contributed by atoms with Crippen LogP contribution in [0.2, 0.25) is 0 Å². The Bertz CT molecular complexity index is 1210. The molecule has 4 rings (SSSR count). The summed E-state index contributed by atoms with van der Waals surface area (Å²) in [6, 6.07) is 13.0. The van der Waals surface area contributed by atoms with Crippen molar-refractivity contribution in [3.63, 3.8) is 0 Å². The number of rotatable bonds is 5. The standard InChI is InChI=1S/C26H28N2O3/c1-14(2)10-21(29)23-24(22-17(5)27-20-9-7-6-8-19(20)22)28(26(31)25(23)30)18-12-15(3)11-16(4)13-18/h6-9,11-14,24,27,30H,10H2,1-5H3. The molecule has 0 saturated carbocycles. The smallest absolute Gasteiger partial charge is 0.294 e. The van der Waals surface area contributed by atoms with Crippen LogP contribution in [0.25, 0.3) is 10.9 Å². The van der Waals surface area contributed by atoms with Gasteiger partial charge in [-0.15, -0.1) is 0 Å². The summed E-state index contributed by atoms with van der Waals surface area (Å²) in [5.41, 5.74) is 5.54. The van der Waals surface area contributed by atoms with Gasteiger partial charge in [-0.3, -0.25) is 14.5 Å². The number of H-pyrrole nitrogens is 1. The van der Waals surface area contributed by atoms with Crippen molar-refractivity contribution in [3.05, 3.63) is 76.2 Å². The molecule has 2 N–H and O–H groups in total. The molecule has 1 atom stereocenters. The molecule has 1 aromatic heterocycles. The number of carbonyl (C=O) groups excluding carboxylic acids is 2. The molecule has 1 amide bonds. The van der Waals surface area contributed by atoms with Crippen LogP contribution in [0, 0.1) is 26.7 Å². The maximum absolute atomic E-state index is 13.3. The van der Waals surface area contributed by atoms with E-state index in [-0.39, 0.29) is 23.7 Å². The summed E-state index contributed by atoms with van der Waals surface area (Å²) in [5, 5.41) is 11.8. The van der Waals surface area contributed by atoms with E-state index < -0.39 is 17.7 Å². The number of hydrogen-bond acceptors (Lipinski definition) is 3. The van der Waals surface area contributed by atoms with Crippen molar-refractivity contribution in [1.29, 1.82) is 0 Å². The van der Waals surface area contributed by atoms with Gasteiger partial charge in [0.05, 0.1) is 11.6 Å². The second-order valence-electron chi connectivity index (χ2n) is 8.92. The first-order valence-electron chi connectivity index (χ1n) is 10.6. The number of nitrogens with one attached hydrogen (secondary N) is 1. The lowest BCUT2D eigenvalue weighted by Crippen LogP contribution is -2.31. The zero-order valence-electron chi connectivity index (χ0n) is 18.6. The average molecular weight is 417 g/mol. The molecular weight excluding hydrogens is 388 g/mol. The maximum Gasteiger partial charge on any atom is 0.294 e. The Morgan fingerprint density at radius 3 is 2.39 bits per heavy atom. The molecule has 2 heterocycles. The van der Waals surface area contributed by atoms with Crippen LogP contribution in [0.4, 0.5) is 5.69 Å². The Morgan fingerprint density at radius 2 is 1.74 bits per heavy atom. The van der Waals surface area contributed by atoms with Gasteiger partial charge in [-0.2, -0.15) is 0 Å². The molecule has 1 aliphatic heterocycles. The van der Waals surface area contributed by atoms with Gasteiger partial charge in [-0.25, -0.2) is 0 Å². The number of ketones is 1. The molecule has 2 aromatic carbocycles. The molecule has 0 saturated heterocycles. The van der Waals surface area contributed by atoms with Crippen LogP contribution in [0.15, 0.2) is 53.8 Å². The van der Waals surface area contributed by atoms with E-state index in [0.717, 1.165) is 33.3 Å². The van der Waals surface area contributed by atoms with Gasteiger partial charge in [0, 0.05) is 34.3 Å². The number of aromatic amines is 1. The normalized spacial score (nSPS) is 16.8. The van der Waals surface area contributed by atoms with E-state index >= 15 is 0 Å². The largest absolute Gasteiger partial charge is 0.503 e. The molecular formula is C26H28N2O3. The number of aryl methyl sites for hydroxylation is 3. The van der Waals surface area contributed by atoms with Gasteiger partial charge < -0.3 is 10.1 Å². The second kappa shape index (κ2) is 7.73. The van der Waals surface area contributed by atoms with Crippen molar-refractivity contribution >= 4 is 28.3 Å². The van der Waals surface area contributed by atoms with Crippen LogP contribution >= 0.6 is 0 Å². The van der Waals surface area contributed by atoms with E-state index in [9.17, 15) is 14.7 Å². The predicted molar refractivity (Wildman–Crippen MR) is 123 cm³/mol. The monoisotopic (exact) mass is 416 g/mol. The number of nitrogens with zero attached hydrogens (tertiary/aromatic N) is 1. The van der Waals surface area contributed by atoms with Crippen LogP contribution in [-0.2, 0) is 9.59 Å². The number of hydrogen-bond donors (Lipinski definition) is 2. The van der Waals surface area contributed by atoms with E-state index in [1.165, 1.54) is 0 Å². The van der Waals surface area contributed by atoms with Gasteiger partial charge in [0.1, 0.15) is 0 Å². The summed E-state index contributed by atoms with van der Waals surface area (Å²) in [4.78, 5) is 31.6. The van der Waals surface area contributed by atoms with Gasteiger partial charge in [0.2, 0.25) is 0 Å². The van der Waals surface area contributed by atoms with Crippen LogP contribution in [-0.4, -0.2) is 21.8 Å². The average Bonchev–Trinajstić information content (AvgIpc) is 3.13. The van der Waals surface area contributed by atoms with Crippen molar-refractivity contribution in [2.45, 2.75) is 47.1 Å². The highest BCUT2D eigenvalue weighted by atomic mass is 16.3. The van der Waals surface area contributed by atoms with Crippen LogP contribution < -0.4 is 4.90 Å². The number of para-hydroxylation sites is 1. The van der Waals surface area contributed by atoms with E-state index in [1.807, 2.05) is 77.1 Å². The van der Waals surface area contributed by atoms with Gasteiger partial charge in [0.25, 0.3) is 5.91 Å². The molecule has 3 aromatic rings. The lowest BCUT2D eigenvalue weighted by Gasteiger charge is -2.28. The minimum atomic E-state index is -0.684. The molecule has 1 aliphatic rings. The first kappa shape index (κ1) is 20.9. The zero-order chi connectivity index (χ0) is 22.4. The highest BCUT2D eigenvalue weighted by Crippen LogP contribution is 2.45. The van der Waals surface area contributed by atoms with E-state index in [2.05, 4.69) is 4.98 Å². The molecule has 0 radical (unpaired) electrons. The minimum absolute atomic E-state index is 0.114. The van der Waals surface area contributed by atoms with Gasteiger partial charge in [0.15, 0.2) is 11.5 Å². The fourth-order valence-electron chi connectivity index (χ4n) is 4.65. The SMILES string of the molecule is Cc1cc(C)cc(N2C(=O)C(O)=C(C(=O)CC(C)C)C2c2c(C)[nH]c3ccccc23)c1. The zero-order valence-corrected chi connectivity index (χ0v) is 18.6. The number of aliphatic hydroxyl groups excluding tert-OH is 1. The third-order valence-corrected chi connectivity index (χ3v) is 5.80. The van der Waals surface area contributed by atoms with Crippen LogP contribution in [0.3, 0.4) is 0 Å². The molecule has 5 nitrogen and oxygen atoms in total. The Hall–Kier alpha value is -3.34. The third-order valence-electron chi connectivity index (χ3n) is 5.80. The number of Topliss-reactive ketones (excluding diaryl/α,β-unsaturated/α-hetero) is 1. The molecule has 160 valence electrons. The van der Waals surface area contributed by atoms with Gasteiger partial charge >= 0.3 is 0 Å². The highest BCUT2D eigenvalue weighted by molar-refractivity contribution is 6.17. The second-order valence-corrected chi connectivity index (χ2v) is 8.92. The summed E-state index contributed by atoms with van der Waals surface area (Å²) in [6.45, 7) is 9.81. The maximum atomic E-state index is 13.3. The Morgan fingerprint density at radius 1 is 1.10 bits per heavy atom. The number of carbonyl (C=O) groups is 2. The lowest BCUT2D eigenvalue weighted by atomic mass is 9.90. The highest BCUT2D eigenvalue weighted by Gasteiger charge is 2.45. The van der Waals surface area contributed by atoms with Crippen molar-refractivity contribution in [2.24, 2.45) is 5.92 Å². The quantitative estimate of drug-likeness (QED) is 0.568. The minimum Gasteiger partial charge on any atom is -0.503 e. The number of anilines is 1. The number of amides is 1. The van der Waals surface area contributed by atoms with Gasteiger partial charge in [-0.05, 0) is 56.0 Å². The molecule has 0 fully saturated rings. The van der Waals surface area contributed by atoms with Gasteiger partial charge in [-0.1, -0.05) is 38.1 Å². The number of aliphatic hydroxyl groups is 1. The Labute approximate surface area is 182 Å². The molecule has 0 spiro atoms. The van der Waals surface area contributed by atoms with E-state index in [0.29, 0.717) is 5.69 Å². The lowest BCUT2D eigenvalue weighted by molar-refractivity contribution is -0.118. The summed E-state index contributed by atoms with van der Waals surface area (Å²) in [7, 11) is 0. The summed E-state index contributed by atoms with van der Waals surface area (Å²) < 4.78 is 0. The van der Waals surface area contributed by atoms with E-state index in [4.69, 9.17) is 0 Å². The molecule has 0 bridgehead atoms. The first-order chi connectivity index (χ1) is 14.7. The summed E-state index contributed by atoms with van der Waals surface area (Å²) >= 11 is 0. The Balaban J connectivity index is 1.98. The van der Waals surface area contributed by atoms with Crippen molar-refractivity contribution in [2.75, 3.05) is 4.90 Å². The first-order valence-corrected chi connectivity index (χ1v) is 10.6. The fraction of sp³-hybridized carbons (Fsp3) is 0.308. The summed E-state index contributed by atoms with van der Waals surface area (Å²) in [6.07, 6.45) is 0.269. The Kier molecular flexibility index (Phi) is 5.21. The van der Waals surface area contributed by atoms with Crippen molar-refractivity contribution in [3.8, 4) is 0 Å². The number of benzene rings is 2. The van der Waals surface area contributed by atoms with E-state index in [1.54, 1.807) is 4.90 Å². The van der Waals surface area contributed by atoms with Crippen molar-refractivity contribution in [1.82, 2.24) is 4.98 Å².